The molecule has 3 nitrogen and oxygen atoms in total. The number of hydrogen-bond donors (Lipinski definition) is 1. The molecule has 2 rings (SSSR count). The number of esters is 1. The van der Waals surface area contributed by atoms with Gasteiger partial charge < -0.3 is 10.5 Å². The van der Waals surface area contributed by atoms with E-state index in [9.17, 15) is 9.18 Å². The molecule has 2 aromatic carbocycles. The average Bonchev–Trinajstić information content (AvgIpc) is 2.53. The van der Waals surface area contributed by atoms with Crippen LogP contribution < -0.4 is 5.73 Å². The quantitative estimate of drug-likeness (QED) is 0.859. The van der Waals surface area contributed by atoms with Crippen molar-refractivity contribution < 1.29 is 13.9 Å². The Kier molecular flexibility index (Phi) is 4.70. The Morgan fingerprint density at radius 1 is 1.19 bits per heavy atom. The zero-order chi connectivity index (χ0) is 15.3. The number of methoxy groups -OCH3 is 1. The van der Waals surface area contributed by atoms with Crippen LogP contribution in [0.15, 0.2) is 54.6 Å². The molecule has 0 saturated heterocycles. The fourth-order valence-corrected chi connectivity index (χ4v) is 2.49. The van der Waals surface area contributed by atoms with Crippen molar-refractivity contribution in [1.29, 1.82) is 0 Å². The summed E-state index contributed by atoms with van der Waals surface area (Å²) < 4.78 is 18.5. The molecule has 0 heterocycles. The summed E-state index contributed by atoms with van der Waals surface area (Å²) >= 11 is 0. The van der Waals surface area contributed by atoms with Crippen molar-refractivity contribution in [2.75, 3.05) is 13.7 Å². The molecule has 0 aromatic heterocycles. The maximum atomic E-state index is 13.5. The number of ether oxygens (including phenoxy) is 1. The monoisotopic (exact) mass is 287 g/mol. The van der Waals surface area contributed by atoms with Gasteiger partial charge in [0, 0.05) is 6.54 Å². The molecule has 1 atom stereocenters. The Morgan fingerprint density at radius 2 is 1.90 bits per heavy atom. The molecule has 0 spiro atoms. The van der Waals surface area contributed by atoms with Gasteiger partial charge in [0.2, 0.25) is 0 Å². The van der Waals surface area contributed by atoms with E-state index in [0.717, 1.165) is 5.56 Å². The third-order valence-corrected chi connectivity index (χ3v) is 3.65. The molecule has 0 fully saturated rings. The molecule has 0 bridgehead atoms. The zero-order valence-electron chi connectivity index (χ0n) is 11.9. The highest BCUT2D eigenvalue weighted by Crippen LogP contribution is 2.30. The number of nitrogens with two attached hydrogens (primary N) is 1. The second-order valence-electron chi connectivity index (χ2n) is 4.95. The second kappa shape index (κ2) is 6.50. The minimum Gasteiger partial charge on any atom is -0.468 e. The largest absolute Gasteiger partial charge is 0.468 e. The number of benzene rings is 2. The number of carbonyl (C=O) groups is 1. The lowest BCUT2D eigenvalue weighted by atomic mass is 9.75. The van der Waals surface area contributed by atoms with Crippen molar-refractivity contribution in [2.24, 2.45) is 5.73 Å². The molecule has 4 heteroatoms. The molecule has 0 radical (unpaired) electrons. The smallest absolute Gasteiger partial charge is 0.317 e. The lowest BCUT2D eigenvalue weighted by Gasteiger charge is -2.30. The fourth-order valence-electron chi connectivity index (χ4n) is 2.49. The third-order valence-electron chi connectivity index (χ3n) is 3.65. The van der Waals surface area contributed by atoms with E-state index in [0.29, 0.717) is 12.0 Å². The van der Waals surface area contributed by atoms with Gasteiger partial charge in [-0.1, -0.05) is 42.5 Å². The maximum absolute atomic E-state index is 13.5. The molecule has 0 aliphatic carbocycles. The standard InChI is InChI=1S/C17H18FNO2/c1-21-16(20)17(12-19,11-13-6-3-2-4-7-13)14-8-5-9-15(18)10-14/h2-10H,11-12,19H2,1H3. The Bertz CT molecular complexity index is 615. The Labute approximate surface area is 123 Å². The maximum Gasteiger partial charge on any atom is 0.317 e. The van der Waals surface area contributed by atoms with Gasteiger partial charge in [0.1, 0.15) is 11.2 Å². The van der Waals surface area contributed by atoms with E-state index < -0.39 is 17.2 Å². The highest BCUT2D eigenvalue weighted by atomic mass is 19.1. The number of rotatable bonds is 5. The van der Waals surface area contributed by atoms with Gasteiger partial charge in [-0.25, -0.2) is 4.39 Å². The van der Waals surface area contributed by atoms with Crippen LogP contribution in [0, 0.1) is 5.82 Å². The zero-order valence-corrected chi connectivity index (χ0v) is 11.9. The Hall–Kier alpha value is -2.20. The second-order valence-corrected chi connectivity index (χ2v) is 4.95. The Morgan fingerprint density at radius 3 is 2.48 bits per heavy atom. The predicted molar refractivity (Wildman–Crippen MR) is 79.3 cm³/mol. The van der Waals surface area contributed by atoms with Gasteiger partial charge >= 0.3 is 5.97 Å². The average molecular weight is 287 g/mol. The van der Waals surface area contributed by atoms with Gasteiger partial charge in [0.25, 0.3) is 0 Å². The SMILES string of the molecule is COC(=O)C(CN)(Cc1ccccc1)c1cccc(F)c1. The number of halogens is 1. The normalized spacial score (nSPS) is 13.5. The first kappa shape index (κ1) is 15.2. The predicted octanol–water partition coefficient (Wildman–Crippen LogP) is 2.44. The molecule has 2 N–H and O–H groups in total. The number of carbonyl (C=O) groups excluding carboxylic acids is 1. The van der Waals surface area contributed by atoms with E-state index >= 15 is 0 Å². The van der Waals surface area contributed by atoms with E-state index in [1.54, 1.807) is 12.1 Å². The molecular weight excluding hydrogens is 269 g/mol. The van der Waals surface area contributed by atoms with Crippen LogP contribution in [0.5, 0.6) is 0 Å². The van der Waals surface area contributed by atoms with Crippen LogP contribution in [0.25, 0.3) is 0 Å². The molecule has 110 valence electrons. The number of hydrogen-bond acceptors (Lipinski definition) is 3. The molecule has 0 saturated carbocycles. The van der Waals surface area contributed by atoms with Crippen LogP contribution in [-0.2, 0) is 21.4 Å². The van der Waals surface area contributed by atoms with Crippen LogP contribution in [0.4, 0.5) is 4.39 Å². The molecule has 1 unspecified atom stereocenters. The summed E-state index contributed by atoms with van der Waals surface area (Å²) in [6.45, 7) is 0.0397. The van der Waals surface area contributed by atoms with Gasteiger partial charge in [-0.05, 0) is 29.7 Å². The van der Waals surface area contributed by atoms with Crippen molar-refractivity contribution in [1.82, 2.24) is 0 Å². The highest BCUT2D eigenvalue weighted by Gasteiger charge is 2.40. The summed E-state index contributed by atoms with van der Waals surface area (Å²) in [5, 5.41) is 0. The Balaban J connectivity index is 2.50. The van der Waals surface area contributed by atoms with Crippen LogP contribution in [0.2, 0.25) is 0 Å². The van der Waals surface area contributed by atoms with Crippen molar-refractivity contribution in [3.63, 3.8) is 0 Å². The summed E-state index contributed by atoms with van der Waals surface area (Å²) in [6, 6.07) is 15.4. The summed E-state index contributed by atoms with van der Waals surface area (Å²) in [4.78, 5) is 12.4. The van der Waals surface area contributed by atoms with Gasteiger partial charge in [0.15, 0.2) is 0 Å². The topological polar surface area (TPSA) is 52.3 Å². The first-order valence-electron chi connectivity index (χ1n) is 6.71. The van der Waals surface area contributed by atoms with Gasteiger partial charge in [0.05, 0.1) is 7.11 Å². The lowest BCUT2D eigenvalue weighted by molar-refractivity contribution is -0.147. The van der Waals surface area contributed by atoms with Crippen LogP contribution in [0.1, 0.15) is 11.1 Å². The van der Waals surface area contributed by atoms with Crippen molar-refractivity contribution in [3.8, 4) is 0 Å². The van der Waals surface area contributed by atoms with E-state index in [1.165, 1.54) is 19.2 Å². The first-order chi connectivity index (χ1) is 10.1. The summed E-state index contributed by atoms with van der Waals surface area (Å²) in [5.74, 6) is -0.859. The molecule has 0 aliphatic heterocycles. The van der Waals surface area contributed by atoms with Crippen LogP contribution in [-0.4, -0.2) is 19.6 Å². The van der Waals surface area contributed by atoms with Gasteiger partial charge in [-0.3, -0.25) is 4.79 Å². The van der Waals surface area contributed by atoms with E-state index in [1.807, 2.05) is 30.3 Å². The molecule has 0 amide bonds. The van der Waals surface area contributed by atoms with Crippen LogP contribution >= 0.6 is 0 Å². The summed E-state index contributed by atoms with van der Waals surface area (Å²) in [6.07, 6.45) is 0.362. The van der Waals surface area contributed by atoms with Crippen molar-refractivity contribution >= 4 is 5.97 Å². The minimum absolute atomic E-state index is 0.0397. The summed E-state index contributed by atoms with van der Waals surface area (Å²) in [5.41, 5.74) is 6.28. The molecular formula is C17H18FNO2. The van der Waals surface area contributed by atoms with E-state index in [2.05, 4.69) is 0 Å². The summed E-state index contributed by atoms with van der Waals surface area (Å²) in [7, 11) is 1.32. The van der Waals surface area contributed by atoms with Gasteiger partial charge in [-0.15, -0.1) is 0 Å². The fraction of sp³-hybridized carbons (Fsp3) is 0.235. The molecule has 0 aliphatic rings. The molecule has 2 aromatic rings. The minimum atomic E-state index is -1.09. The molecule has 21 heavy (non-hydrogen) atoms. The highest BCUT2D eigenvalue weighted by molar-refractivity contribution is 5.84. The van der Waals surface area contributed by atoms with E-state index in [4.69, 9.17) is 10.5 Å². The third kappa shape index (κ3) is 3.11. The van der Waals surface area contributed by atoms with Crippen molar-refractivity contribution in [2.45, 2.75) is 11.8 Å². The van der Waals surface area contributed by atoms with E-state index in [-0.39, 0.29) is 6.54 Å². The lowest BCUT2D eigenvalue weighted by Crippen LogP contribution is -2.45. The van der Waals surface area contributed by atoms with Crippen LogP contribution in [0.3, 0.4) is 0 Å². The van der Waals surface area contributed by atoms with Gasteiger partial charge in [-0.2, -0.15) is 0 Å². The van der Waals surface area contributed by atoms with Crippen molar-refractivity contribution in [3.05, 3.63) is 71.5 Å². The first-order valence-corrected chi connectivity index (χ1v) is 6.71.